The molecule has 0 heterocycles. The topological polar surface area (TPSA) is 67.9 Å². The second-order valence-corrected chi connectivity index (χ2v) is 7.09. The molecule has 0 atom stereocenters. The predicted molar refractivity (Wildman–Crippen MR) is 130 cm³/mol. The zero-order chi connectivity index (χ0) is 22.1. The average molecular weight is 457 g/mol. The van der Waals surface area contributed by atoms with Gasteiger partial charge in [0, 0.05) is 12.2 Å². The number of benzene rings is 3. The van der Waals surface area contributed by atoms with Crippen molar-refractivity contribution in [1.29, 1.82) is 0 Å². The lowest BCUT2D eigenvalue weighted by Crippen LogP contribution is -2.27. The van der Waals surface area contributed by atoms with Crippen molar-refractivity contribution in [3.63, 3.8) is 0 Å². The molecule has 0 aliphatic rings. The van der Waals surface area contributed by atoms with E-state index >= 15 is 0 Å². The molecule has 0 aliphatic heterocycles. The Hall–Kier alpha value is -3.09. The number of nitrogens with zero attached hydrogens (tertiary/aromatic N) is 1. The van der Waals surface area contributed by atoms with Crippen molar-refractivity contribution in [2.75, 3.05) is 38.2 Å². The molecule has 3 aromatic carbocycles. The second kappa shape index (κ2) is 12.7. The number of halogens is 1. The summed E-state index contributed by atoms with van der Waals surface area (Å²) in [6, 6.07) is 20.3. The number of hydrogen-bond donors (Lipinski definition) is 1. The molecule has 170 valence electrons. The molecule has 0 bridgehead atoms. The molecule has 0 spiro atoms. The normalized spacial score (nSPS) is 10.5. The van der Waals surface area contributed by atoms with Crippen LogP contribution in [0.5, 0.6) is 5.75 Å². The molecule has 0 radical (unpaired) electrons. The average Bonchev–Trinajstić information content (AvgIpc) is 2.80. The number of amides is 1. The summed E-state index contributed by atoms with van der Waals surface area (Å²) >= 11 is 0. The van der Waals surface area contributed by atoms with Crippen LogP contribution in [0, 0.1) is 0 Å². The lowest BCUT2D eigenvalue weighted by molar-refractivity contribution is -0.118. The summed E-state index contributed by atoms with van der Waals surface area (Å²) in [6.07, 6.45) is 0. The van der Waals surface area contributed by atoms with Crippen molar-refractivity contribution >= 4 is 40.7 Å². The van der Waals surface area contributed by atoms with Gasteiger partial charge in [0.05, 0.1) is 5.56 Å². The molecule has 6 nitrogen and oxygen atoms in total. The van der Waals surface area contributed by atoms with Crippen LogP contribution in [-0.2, 0) is 9.53 Å². The first-order chi connectivity index (χ1) is 15.1. The molecule has 3 aromatic rings. The van der Waals surface area contributed by atoms with Crippen molar-refractivity contribution in [3.8, 4) is 5.75 Å². The SMILES string of the molecule is CCN(CC)CCOC(=O)c1ccc(NC(=O)COc2ccc3ccccc3c2)cc1.Cl. The van der Waals surface area contributed by atoms with Crippen molar-refractivity contribution in [2.24, 2.45) is 0 Å². The van der Waals surface area contributed by atoms with E-state index in [1.54, 1.807) is 24.3 Å². The fourth-order valence-electron chi connectivity index (χ4n) is 3.18. The number of nitrogens with one attached hydrogen (secondary N) is 1. The third-order valence-electron chi connectivity index (χ3n) is 5.03. The van der Waals surface area contributed by atoms with E-state index in [-0.39, 0.29) is 30.9 Å². The highest BCUT2D eigenvalue weighted by Gasteiger charge is 2.09. The second-order valence-electron chi connectivity index (χ2n) is 7.09. The molecule has 0 fully saturated rings. The first kappa shape index (κ1) is 25.2. The minimum absolute atomic E-state index is 0. The molecule has 0 aromatic heterocycles. The van der Waals surface area contributed by atoms with E-state index in [1.165, 1.54) is 0 Å². The minimum Gasteiger partial charge on any atom is -0.484 e. The number of anilines is 1. The molecule has 7 heteroatoms. The van der Waals surface area contributed by atoms with Crippen LogP contribution < -0.4 is 10.1 Å². The van der Waals surface area contributed by atoms with Crippen LogP contribution in [0.2, 0.25) is 0 Å². The highest BCUT2D eigenvalue weighted by Crippen LogP contribution is 2.20. The predicted octanol–water partition coefficient (Wildman–Crippen LogP) is 4.78. The molecule has 1 N–H and O–H groups in total. The van der Waals surface area contributed by atoms with E-state index in [9.17, 15) is 9.59 Å². The third kappa shape index (κ3) is 7.25. The van der Waals surface area contributed by atoms with Crippen LogP contribution in [-0.4, -0.2) is 49.6 Å². The third-order valence-corrected chi connectivity index (χ3v) is 5.03. The molecule has 0 saturated carbocycles. The van der Waals surface area contributed by atoms with Crippen LogP contribution in [0.25, 0.3) is 10.8 Å². The van der Waals surface area contributed by atoms with Gasteiger partial charge in [-0.15, -0.1) is 12.4 Å². The monoisotopic (exact) mass is 456 g/mol. The quantitative estimate of drug-likeness (QED) is 0.445. The lowest BCUT2D eigenvalue weighted by Gasteiger charge is -2.17. The Labute approximate surface area is 194 Å². The van der Waals surface area contributed by atoms with Crippen LogP contribution >= 0.6 is 12.4 Å². The van der Waals surface area contributed by atoms with E-state index in [2.05, 4.69) is 24.1 Å². The first-order valence-electron chi connectivity index (χ1n) is 10.5. The van der Waals surface area contributed by atoms with E-state index in [4.69, 9.17) is 9.47 Å². The molecular weight excluding hydrogens is 428 g/mol. The van der Waals surface area contributed by atoms with Gasteiger partial charge in [0.15, 0.2) is 6.61 Å². The van der Waals surface area contributed by atoms with Crippen molar-refractivity contribution in [3.05, 3.63) is 72.3 Å². The van der Waals surface area contributed by atoms with Gasteiger partial charge < -0.3 is 19.7 Å². The highest BCUT2D eigenvalue weighted by molar-refractivity contribution is 5.94. The van der Waals surface area contributed by atoms with Gasteiger partial charge in [-0.2, -0.15) is 0 Å². The number of carbonyl (C=O) groups excluding carboxylic acids is 2. The van der Waals surface area contributed by atoms with Gasteiger partial charge in [0.1, 0.15) is 12.4 Å². The van der Waals surface area contributed by atoms with Crippen molar-refractivity contribution < 1.29 is 19.1 Å². The Bertz CT molecular complexity index is 1020. The number of fused-ring (bicyclic) bond motifs is 1. The summed E-state index contributed by atoms with van der Waals surface area (Å²) < 4.78 is 10.9. The van der Waals surface area contributed by atoms with Gasteiger partial charge in [0.2, 0.25) is 0 Å². The summed E-state index contributed by atoms with van der Waals surface area (Å²) in [5, 5.41) is 4.94. The Morgan fingerprint density at radius 2 is 1.59 bits per heavy atom. The molecule has 0 unspecified atom stereocenters. The summed E-state index contributed by atoms with van der Waals surface area (Å²) in [5.74, 6) is -0.0102. The highest BCUT2D eigenvalue weighted by atomic mass is 35.5. The fraction of sp³-hybridized carbons (Fsp3) is 0.280. The zero-order valence-corrected chi connectivity index (χ0v) is 19.2. The first-order valence-corrected chi connectivity index (χ1v) is 10.5. The summed E-state index contributed by atoms with van der Waals surface area (Å²) in [4.78, 5) is 26.5. The van der Waals surface area contributed by atoms with Crippen LogP contribution in [0.1, 0.15) is 24.2 Å². The Kier molecular flexibility index (Phi) is 9.98. The Balaban J connectivity index is 0.00000363. The lowest BCUT2D eigenvalue weighted by atomic mass is 10.1. The number of hydrogen-bond acceptors (Lipinski definition) is 5. The van der Waals surface area contributed by atoms with E-state index in [0.29, 0.717) is 30.2 Å². The van der Waals surface area contributed by atoms with Crippen molar-refractivity contribution in [2.45, 2.75) is 13.8 Å². The minimum atomic E-state index is -0.371. The van der Waals surface area contributed by atoms with Gasteiger partial charge >= 0.3 is 5.97 Å². The van der Waals surface area contributed by atoms with Gasteiger partial charge in [0.25, 0.3) is 5.91 Å². The Morgan fingerprint density at radius 1 is 0.906 bits per heavy atom. The van der Waals surface area contributed by atoms with Crippen LogP contribution in [0.15, 0.2) is 66.7 Å². The van der Waals surface area contributed by atoms with E-state index in [1.807, 2.05) is 42.5 Å². The van der Waals surface area contributed by atoms with Gasteiger partial charge in [-0.3, -0.25) is 4.79 Å². The summed E-state index contributed by atoms with van der Waals surface area (Å²) in [5.41, 5.74) is 1.04. The Morgan fingerprint density at radius 3 is 2.28 bits per heavy atom. The van der Waals surface area contributed by atoms with Crippen LogP contribution in [0.3, 0.4) is 0 Å². The maximum Gasteiger partial charge on any atom is 0.338 e. The standard InChI is InChI=1S/C25H28N2O4.ClH/c1-3-27(4-2)15-16-30-25(29)20-9-12-22(13-10-20)26-24(28)18-31-23-14-11-19-7-5-6-8-21(19)17-23;/h5-14,17H,3-4,15-16,18H2,1-2H3,(H,26,28);1H. The van der Waals surface area contributed by atoms with Gasteiger partial charge in [-0.1, -0.05) is 44.2 Å². The summed E-state index contributed by atoms with van der Waals surface area (Å²) in [7, 11) is 0. The maximum absolute atomic E-state index is 12.2. The smallest absolute Gasteiger partial charge is 0.338 e. The molecule has 0 saturated heterocycles. The van der Waals surface area contributed by atoms with Gasteiger partial charge in [-0.05, 0) is 60.3 Å². The summed E-state index contributed by atoms with van der Waals surface area (Å²) in [6.45, 7) is 6.96. The molecule has 32 heavy (non-hydrogen) atoms. The molecule has 3 rings (SSSR count). The molecular formula is C25H29ClN2O4. The fourth-order valence-corrected chi connectivity index (χ4v) is 3.18. The van der Waals surface area contributed by atoms with E-state index in [0.717, 1.165) is 23.9 Å². The van der Waals surface area contributed by atoms with Crippen molar-refractivity contribution in [1.82, 2.24) is 4.90 Å². The number of ether oxygens (including phenoxy) is 2. The molecule has 0 aliphatic carbocycles. The van der Waals surface area contributed by atoms with Gasteiger partial charge in [-0.25, -0.2) is 4.79 Å². The zero-order valence-electron chi connectivity index (χ0n) is 18.4. The number of likely N-dealkylation sites (N-methyl/N-ethyl adjacent to an activating group) is 1. The molecule has 1 amide bonds. The number of esters is 1. The number of carbonyl (C=O) groups is 2. The number of rotatable bonds is 10. The largest absolute Gasteiger partial charge is 0.484 e. The maximum atomic E-state index is 12.2. The van der Waals surface area contributed by atoms with Crippen LogP contribution in [0.4, 0.5) is 5.69 Å². The van der Waals surface area contributed by atoms with E-state index < -0.39 is 0 Å².